The molecule has 6 nitrogen and oxygen atoms in total. The average Bonchev–Trinajstić information content (AvgIpc) is 3.12. The minimum Gasteiger partial charge on any atom is -0.493 e. The Hall–Kier alpha value is -2.55. The van der Waals surface area contributed by atoms with Gasteiger partial charge in [-0.3, -0.25) is 4.79 Å². The van der Waals surface area contributed by atoms with Crippen LogP contribution in [0.5, 0.6) is 5.75 Å². The maximum atomic E-state index is 11.8. The number of nitrogens with zero attached hydrogens (tertiary/aromatic N) is 2. The molecule has 1 aromatic heterocycles. The van der Waals surface area contributed by atoms with E-state index in [0.717, 1.165) is 5.56 Å². The minimum absolute atomic E-state index is 0.132. The van der Waals surface area contributed by atoms with Gasteiger partial charge < -0.3 is 13.9 Å². The predicted octanol–water partition coefficient (Wildman–Crippen LogP) is 4.08. The molecule has 0 N–H and O–H groups in total. The lowest BCUT2D eigenvalue weighted by molar-refractivity contribution is -0.146. The average molecular weight is 356 g/mol. The number of oxazole rings is 1. The van der Waals surface area contributed by atoms with Gasteiger partial charge in [-0.05, 0) is 31.7 Å². The Morgan fingerprint density at radius 2 is 2.04 bits per heavy atom. The van der Waals surface area contributed by atoms with Crippen molar-refractivity contribution in [3.63, 3.8) is 0 Å². The molecule has 1 fully saturated rings. The van der Waals surface area contributed by atoms with E-state index in [4.69, 9.17) is 13.9 Å². The molecular weight excluding hydrogens is 332 g/mol. The predicted molar refractivity (Wildman–Crippen MR) is 95.9 cm³/mol. The van der Waals surface area contributed by atoms with E-state index < -0.39 is 5.41 Å². The number of nitriles is 1. The van der Waals surface area contributed by atoms with E-state index in [2.05, 4.69) is 11.1 Å². The molecule has 2 aromatic rings. The molecule has 0 radical (unpaired) electrons. The topological polar surface area (TPSA) is 85.3 Å². The molecule has 26 heavy (non-hydrogen) atoms. The van der Waals surface area contributed by atoms with Gasteiger partial charge in [-0.1, -0.05) is 19.9 Å². The van der Waals surface area contributed by atoms with Gasteiger partial charge in [0.05, 0.1) is 31.6 Å². The van der Waals surface area contributed by atoms with Gasteiger partial charge >= 0.3 is 5.97 Å². The Kier molecular flexibility index (Phi) is 4.90. The zero-order chi connectivity index (χ0) is 18.9. The highest BCUT2D eigenvalue weighted by Gasteiger charge is 2.41. The molecule has 3 rings (SSSR count). The van der Waals surface area contributed by atoms with E-state index in [1.807, 2.05) is 26.0 Å². The Labute approximate surface area is 153 Å². The number of esters is 1. The number of aromatic nitrogens is 1. The Morgan fingerprint density at radius 1 is 1.35 bits per heavy atom. The van der Waals surface area contributed by atoms with Crippen LogP contribution in [0.15, 0.2) is 16.5 Å². The molecule has 138 valence electrons. The van der Waals surface area contributed by atoms with Crippen LogP contribution in [-0.2, 0) is 14.9 Å². The largest absolute Gasteiger partial charge is 0.493 e. The maximum Gasteiger partial charge on any atom is 0.308 e. The number of benzene rings is 1. The van der Waals surface area contributed by atoms with E-state index in [-0.39, 0.29) is 17.8 Å². The standard InChI is InChI=1S/C20H24N2O4/c1-12(2)18-22-16-14(5-6-15(24-3)17(16)26-18)20(11-21)9-7-13(8-10-20)19(23)25-4/h5-6,12-13H,7-10H2,1-4H3/t13-,20+. The molecule has 1 heterocycles. The highest BCUT2D eigenvalue weighted by Crippen LogP contribution is 2.45. The molecule has 0 spiro atoms. The number of methoxy groups -OCH3 is 2. The second-order valence-corrected chi connectivity index (χ2v) is 7.19. The van der Waals surface area contributed by atoms with Crippen LogP contribution in [0.4, 0.5) is 0 Å². The number of carbonyl (C=O) groups is 1. The van der Waals surface area contributed by atoms with Crippen molar-refractivity contribution >= 4 is 17.1 Å². The number of ether oxygens (including phenoxy) is 2. The first-order chi connectivity index (χ1) is 12.5. The number of hydrogen-bond donors (Lipinski definition) is 0. The Bertz CT molecular complexity index is 855. The van der Waals surface area contributed by atoms with E-state index in [0.29, 0.717) is 48.4 Å². The molecule has 0 amide bonds. The van der Waals surface area contributed by atoms with Crippen LogP contribution >= 0.6 is 0 Å². The number of carbonyl (C=O) groups excluding carboxylic acids is 1. The quantitative estimate of drug-likeness (QED) is 0.767. The lowest BCUT2D eigenvalue weighted by Gasteiger charge is -2.34. The van der Waals surface area contributed by atoms with Gasteiger partial charge in [0.1, 0.15) is 5.52 Å². The van der Waals surface area contributed by atoms with Gasteiger partial charge in [0, 0.05) is 11.5 Å². The smallest absolute Gasteiger partial charge is 0.308 e. The van der Waals surface area contributed by atoms with Crippen molar-refractivity contribution in [2.45, 2.75) is 50.9 Å². The lowest BCUT2D eigenvalue weighted by Crippen LogP contribution is -2.33. The summed E-state index contributed by atoms with van der Waals surface area (Å²) in [5.41, 5.74) is 1.44. The first kappa shape index (κ1) is 18.2. The second kappa shape index (κ2) is 6.99. The summed E-state index contributed by atoms with van der Waals surface area (Å²) in [6.07, 6.45) is 2.44. The number of hydrogen-bond acceptors (Lipinski definition) is 6. The minimum atomic E-state index is -0.680. The SMILES string of the molecule is COc1ccc([C@]2(C#N)CC[C@H](C(=O)OC)CC2)c2nc(C(C)C)oc12. The van der Waals surface area contributed by atoms with Crippen LogP contribution in [0.25, 0.3) is 11.1 Å². The number of rotatable bonds is 4. The molecule has 0 atom stereocenters. The van der Waals surface area contributed by atoms with E-state index in [9.17, 15) is 10.1 Å². The summed E-state index contributed by atoms with van der Waals surface area (Å²) in [5.74, 6) is 1.04. The maximum absolute atomic E-state index is 11.8. The third kappa shape index (κ3) is 2.92. The zero-order valence-electron chi connectivity index (χ0n) is 15.7. The van der Waals surface area contributed by atoms with Crippen LogP contribution in [0, 0.1) is 17.2 Å². The summed E-state index contributed by atoms with van der Waals surface area (Å²) in [4.78, 5) is 16.5. The highest BCUT2D eigenvalue weighted by atomic mass is 16.5. The van der Waals surface area contributed by atoms with Crippen molar-refractivity contribution in [3.05, 3.63) is 23.6 Å². The first-order valence-corrected chi connectivity index (χ1v) is 8.92. The summed E-state index contributed by atoms with van der Waals surface area (Å²) in [5, 5.41) is 10.0. The van der Waals surface area contributed by atoms with Gasteiger partial charge in [0.2, 0.25) is 0 Å². The van der Waals surface area contributed by atoms with Crippen molar-refractivity contribution in [3.8, 4) is 11.8 Å². The fourth-order valence-electron chi connectivity index (χ4n) is 3.75. The normalized spacial score (nSPS) is 23.0. The molecule has 0 bridgehead atoms. The molecule has 1 saturated carbocycles. The van der Waals surface area contributed by atoms with E-state index in [1.165, 1.54) is 7.11 Å². The summed E-state index contributed by atoms with van der Waals surface area (Å²) < 4.78 is 16.2. The van der Waals surface area contributed by atoms with Gasteiger partial charge in [0.15, 0.2) is 17.2 Å². The second-order valence-electron chi connectivity index (χ2n) is 7.19. The van der Waals surface area contributed by atoms with E-state index in [1.54, 1.807) is 7.11 Å². The lowest BCUT2D eigenvalue weighted by atomic mass is 9.67. The monoisotopic (exact) mass is 356 g/mol. The molecule has 1 aliphatic rings. The third-order valence-corrected chi connectivity index (χ3v) is 5.34. The van der Waals surface area contributed by atoms with Gasteiger partial charge in [0.25, 0.3) is 0 Å². The van der Waals surface area contributed by atoms with Crippen molar-refractivity contribution in [2.24, 2.45) is 5.92 Å². The van der Waals surface area contributed by atoms with Crippen molar-refractivity contribution in [1.29, 1.82) is 5.26 Å². The van der Waals surface area contributed by atoms with Crippen LogP contribution in [0.3, 0.4) is 0 Å². The Balaban J connectivity index is 2.06. The Morgan fingerprint density at radius 3 is 2.58 bits per heavy atom. The highest BCUT2D eigenvalue weighted by molar-refractivity contribution is 5.84. The molecule has 0 aliphatic heterocycles. The molecule has 0 saturated heterocycles. The molecule has 0 unspecified atom stereocenters. The fraction of sp³-hybridized carbons (Fsp3) is 0.550. The summed E-state index contributed by atoms with van der Waals surface area (Å²) in [6.45, 7) is 4.02. The number of fused-ring (bicyclic) bond motifs is 1. The molecule has 1 aromatic carbocycles. The fourth-order valence-corrected chi connectivity index (χ4v) is 3.75. The van der Waals surface area contributed by atoms with Crippen molar-refractivity contribution < 1.29 is 18.7 Å². The zero-order valence-corrected chi connectivity index (χ0v) is 15.7. The van der Waals surface area contributed by atoms with Crippen LogP contribution in [-0.4, -0.2) is 25.2 Å². The molecule has 6 heteroatoms. The molecule has 1 aliphatic carbocycles. The van der Waals surface area contributed by atoms with Crippen LogP contribution in [0.2, 0.25) is 0 Å². The van der Waals surface area contributed by atoms with Gasteiger partial charge in [-0.2, -0.15) is 5.26 Å². The van der Waals surface area contributed by atoms with Crippen molar-refractivity contribution in [1.82, 2.24) is 4.98 Å². The summed E-state index contributed by atoms with van der Waals surface area (Å²) in [7, 11) is 3.00. The molecular formula is C20H24N2O4. The van der Waals surface area contributed by atoms with Crippen LogP contribution in [0.1, 0.15) is 56.9 Å². The summed E-state index contributed by atoms with van der Waals surface area (Å²) in [6, 6.07) is 6.25. The first-order valence-electron chi connectivity index (χ1n) is 8.92. The van der Waals surface area contributed by atoms with E-state index >= 15 is 0 Å². The van der Waals surface area contributed by atoms with Crippen LogP contribution < -0.4 is 4.74 Å². The third-order valence-electron chi connectivity index (χ3n) is 5.34. The summed E-state index contributed by atoms with van der Waals surface area (Å²) >= 11 is 0. The van der Waals surface area contributed by atoms with Crippen molar-refractivity contribution in [2.75, 3.05) is 14.2 Å². The van der Waals surface area contributed by atoms with Gasteiger partial charge in [-0.25, -0.2) is 4.98 Å². The van der Waals surface area contributed by atoms with Gasteiger partial charge in [-0.15, -0.1) is 0 Å².